The summed E-state index contributed by atoms with van der Waals surface area (Å²) in [6.45, 7) is 5.57. The molecule has 0 unspecified atom stereocenters. The van der Waals surface area contributed by atoms with Gasteiger partial charge in [0.25, 0.3) is 5.91 Å². The summed E-state index contributed by atoms with van der Waals surface area (Å²) in [5.41, 5.74) is -0.629. The molecule has 2 nitrogen and oxygen atoms in total. The lowest BCUT2D eigenvalue weighted by Crippen LogP contribution is -2.33. The van der Waals surface area contributed by atoms with Crippen LogP contribution in [-0.2, 0) is 6.18 Å². The Hall–Kier alpha value is -1.52. The maximum absolute atomic E-state index is 13.0. The van der Waals surface area contributed by atoms with Gasteiger partial charge in [-0.2, -0.15) is 13.2 Å². The van der Waals surface area contributed by atoms with Crippen LogP contribution in [0.3, 0.4) is 0 Å². The minimum Gasteiger partial charge on any atom is -0.339 e. The highest BCUT2D eigenvalue weighted by Crippen LogP contribution is 2.29. The van der Waals surface area contributed by atoms with E-state index in [1.165, 1.54) is 37.8 Å². The van der Waals surface area contributed by atoms with E-state index < -0.39 is 11.7 Å². The summed E-state index contributed by atoms with van der Waals surface area (Å²) in [6, 6.07) is 4.80. The Labute approximate surface area is 168 Å². The van der Waals surface area contributed by atoms with E-state index in [9.17, 15) is 18.0 Å². The monoisotopic (exact) mass is 399 g/mol. The SMILES string of the molecule is CCCCCCCCN(CCCCCCC)C(=O)c1cccc(C(F)(F)F)c1. The Kier molecular flexibility index (Phi) is 11.9. The molecule has 0 atom stereocenters. The van der Waals surface area contributed by atoms with Crippen molar-refractivity contribution in [2.24, 2.45) is 0 Å². The van der Waals surface area contributed by atoms with Crippen LogP contribution in [0.5, 0.6) is 0 Å². The summed E-state index contributed by atoms with van der Waals surface area (Å²) in [5, 5.41) is 0. The maximum Gasteiger partial charge on any atom is 0.416 e. The molecule has 5 heteroatoms. The zero-order chi connectivity index (χ0) is 20.8. The average molecular weight is 400 g/mol. The third kappa shape index (κ3) is 9.61. The third-order valence-corrected chi connectivity index (χ3v) is 5.04. The van der Waals surface area contributed by atoms with E-state index in [-0.39, 0.29) is 11.5 Å². The number of carbonyl (C=O) groups excluding carboxylic acids is 1. The fourth-order valence-electron chi connectivity index (χ4n) is 3.32. The molecule has 0 N–H and O–H groups in total. The van der Waals surface area contributed by atoms with Gasteiger partial charge in [0.2, 0.25) is 0 Å². The summed E-state index contributed by atoms with van der Waals surface area (Å²) < 4.78 is 38.9. The van der Waals surface area contributed by atoms with Gasteiger partial charge in [-0.15, -0.1) is 0 Å². The van der Waals surface area contributed by atoms with Gasteiger partial charge >= 0.3 is 6.18 Å². The first-order valence-electron chi connectivity index (χ1n) is 10.9. The van der Waals surface area contributed by atoms with E-state index in [2.05, 4.69) is 13.8 Å². The van der Waals surface area contributed by atoms with Crippen LogP contribution >= 0.6 is 0 Å². The first-order valence-corrected chi connectivity index (χ1v) is 10.9. The van der Waals surface area contributed by atoms with Crippen molar-refractivity contribution in [1.82, 2.24) is 4.90 Å². The number of halogens is 3. The van der Waals surface area contributed by atoms with Crippen LogP contribution in [0.1, 0.15) is 100 Å². The Balaban J connectivity index is 2.68. The van der Waals surface area contributed by atoms with Crippen LogP contribution in [0.2, 0.25) is 0 Å². The van der Waals surface area contributed by atoms with Crippen LogP contribution in [0.15, 0.2) is 24.3 Å². The molecule has 0 aliphatic heterocycles. The fourth-order valence-corrected chi connectivity index (χ4v) is 3.32. The minimum atomic E-state index is -4.43. The van der Waals surface area contributed by atoms with Gasteiger partial charge in [-0.05, 0) is 31.0 Å². The third-order valence-electron chi connectivity index (χ3n) is 5.04. The van der Waals surface area contributed by atoms with Crippen molar-refractivity contribution in [3.05, 3.63) is 35.4 Å². The van der Waals surface area contributed by atoms with E-state index in [1.54, 1.807) is 4.90 Å². The molecule has 0 radical (unpaired) electrons. The molecule has 0 heterocycles. The number of amides is 1. The number of carbonyl (C=O) groups is 1. The van der Waals surface area contributed by atoms with E-state index in [4.69, 9.17) is 0 Å². The Morgan fingerprint density at radius 2 is 1.32 bits per heavy atom. The second-order valence-electron chi connectivity index (χ2n) is 7.55. The molecule has 0 spiro atoms. The molecule has 0 saturated carbocycles. The Morgan fingerprint density at radius 3 is 1.82 bits per heavy atom. The molecule has 1 amide bonds. The van der Waals surface area contributed by atoms with E-state index in [0.29, 0.717) is 13.1 Å². The molecule has 0 aliphatic carbocycles. The smallest absolute Gasteiger partial charge is 0.339 e. The molecule has 1 aromatic rings. The van der Waals surface area contributed by atoms with Gasteiger partial charge in [-0.25, -0.2) is 0 Å². The van der Waals surface area contributed by atoms with Gasteiger partial charge in [0.15, 0.2) is 0 Å². The largest absolute Gasteiger partial charge is 0.416 e. The zero-order valence-corrected chi connectivity index (χ0v) is 17.5. The van der Waals surface area contributed by atoms with Gasteiger partial charge in [-0.3, -0.25) is 4.79 Å². The van der Waals surface area contributed by atoms with Crippen LogP contribution in [-0.4, -0.2) is 23.9 Å². The molecule has 28 heavy (non-hydrogen) atoms. The average Bonchev–Trinajstić information content (AvgIpc) is 2.67. The van der Waals surface area contributed by atoms with Crippen molar-refractivity contribution < 1.29 is 18.0 Å². The standard InChI is InChI=1S/C23H36F3NO/c1-3-5-7-9-11-13-18-27(17-12-10-8-6-4-2)22(28)20-15-14-16-21(19-20)23(24,25)26/h14-16,19H,3-13,17-18H2,1-2H3. The number of rotatable bonds is 14. The highest BCUT2D eigenvalue weighted by Gasteiger charge is 2.31. The molecular weight excluding hydrogens is 363 g/mol. The first kappa shape index (κ1) is 24.5. The quantitative estimate of drug-likeness (QED) is 0.297. The van der Waals surface area contributed by atoms with Gasteiger partial charge in [0.1, 0.15) is 0 Å². The van der Waals surface area contributed by atoms with Crippen molar-refractivity contribution in [1.29, 1.82) is 0 Å². The predicted molar refractivity (Wildman–Crippen MR) is 109 cm³/mol. The summed E-state index contributed by atoms with van der Waals surface area (Å²) >= 11 is 0. The Bertz CT molecular complexity index is 557. The van der Waals surface area contributed by atoms with Crippen LogP contribution in [0.25, 0.3) is 0 Å². The minimum absolute atomic E-state index is 0.134. The molecule has 0 aliphatic rings. The summed E-state index contributed by atoms with van der Waals surface area (Å²) in [4.78, 5) is 14.6. The van der Waals surface area contributed by atoms with Gasteiger partial charge in [0.05, 0.1) is 5.56 Å². The predicted octanol–water partition coefficient (Wildman–Crippen LogP) is 7.48. The summed E-state index contributed by atoms with van der Waals surface area (Å²) in [5.74, 6) is -0.282. The van der Waals surface area contributed by atoms with Crippen LogP contribution in [0, 0.1) is 0 Å². The van der Waals surface area contributed by atoms with Crippen molar-refractivity contribution in [3.63, 3.8) is 0 Å². The molecule has 0 saturated heterocycles. The normalized spacial score (nSPS) is 11.6. The van der Waals surface area contributed by atoms with E-state index in [1.807, 2.05) is 0 Å². The summed E-state index contributed by atoms with van der Waals surface area (Å²) in [6.07, 6.45) is 7.74. The number of hydrogen-bond acceptors (Lipinski definition) is 1. The molecule has 160 valence electrons. The van der Waals surface area contributed by atoms with Gasteiger partial charge in [-0.1, -0.05) is 77.7 Å². The second-order valence-corrected chi connectivity index (χ2v) is 7.55. The molecule has 1 rings (SSSR count). The van der Waals surface area contributed by atoms with Gasteiger partial charge < -0.3 is 4.90 Å². The lowest BCUT2D eigenvalue weighted by atomic mass is 10.1. The van der Waals surface area contributed by atoms with Crippen LogP contribution < -0.4 is 0 Å². The maximum atomic E-state index is 13.0. The molecule has 0 fully saturated rings. The van der Waals surface area contributed by atoms with Crippen molar-refractivity contribution >= 4 is 5.91 Å². The topological polar surface area (TPSA) is 20.3 Å². The first-order chi connectivity index (χ1) is 13.4. The number of benzene rings is 1. The number of hydrogen-bond donors (Lipinski definition) is 0. The fraction of sp³-hybridized carbons (Fsp3) is 0.696. The second kappa shape index (κ2) is 13.6. The molecular formula is C23H36F3NO. The Morgan fingerprint density at radius 1 is 0.821 bits per heavy atom. The number of nitrogens with zero attached hydrogens (tertiary/aromatic N) is 1. The molecule has 1 aromatic carbocycles. The van der Waals surface area contributed by atoms with Crippen molar-refractivity contribution in [2.45, 2.75) is 90.7 Å². The lowest BCUT2D eigenvalue weighted by Gasteiger charge is -2.23. The summed E-state index contributed by atoms with van der Waals surface area (Å²) in [7, 11) is 0. The van der Waals surface area contributed by atoms with Gasteiger partial charge in [0, 0.05) is 18.7 Å². The number of alkyl halides is 3. The van der Waals surface area contributed by atoms with Crippen LogP contribution in [0.4, 0.5) is 13.2 Å². The van der Waals surface area contributed by atoms with E-state index >= 15 is 0 Å². The van der Waals surface area contributed by atoms with Crippen molar-refractivity contribution in [3.8, 4) is 0 Å². The number of unbranched alkanes of at least 4 members (excludes halogenated alkanes) is 9. The van der Waals surface area contributed by atoms with Crippen molar-refractivity contribution in [2.75, 3.05) is 13.1 Å². The highest BCUT2D eigenvalue weighted by atomic mass is 19.4. The molecule has 0 aromatic heterocycles. The van der Waals surface area contributed by atoms with E-state index in [0.717, 1.165) is 57.1 Å². The molecule has 0 bridgehead atoms. The lowest BCUT2D eigenvalue weighted by molar-refractivity contribution is -0.137. The highest BCUT2D eigenvalue weighted by molar-refractivity contribution is 5.94. The zero-order valence-electron chi connectivity index (χ0n) is 17.5.